The molecule has 3 rings (SSSR count). The molecule has 0 saturated carbocycles. The summed E-state index contributed by atoms with van der Waals surface area (Å²) in [5.74, 6) is 0.0915. The van der Waals surface area contributed by atoms with Crippen molar-refractivity contribution in [1.82, 2.24) is 4.90 Å². The normalized spacial score (nSPS) is 21.6. The summed E-state index contributed by atoms with van der Waals surface area (Å²) in [4.78, 5) is 14.5. The van der Waals surface area contributed by atoms with Crippen LogP contribution in [0.1, 0.15) is 22.8 Å². The molecule has 2 aromatic carbocycles. The molecule has 1 aliphatic rings. The summed E-state index contributed by atoms with van der Waals surface area (Å²) in [6.45, 7) is 3.33. The molecular weight excluding hydrogens is 274 g/mol. The summed E-state index contributed by atoms with van der Waals surface area (Å²) in [6, 6.07) is 19.8. The van der Waals surface area contributed by atoms with Gasteiger partial charge in [0.1, 0.15) is 0 Å². The van der Waals surface area contributed by atoms with Gasteiger partial charge in [-0.3, -0.25) is 4.79 Å². The van der Waals surface area contributed by atoms with Crippen molar-refractivity contribution in [3.05, 3.63) is 71.8 Å². The Balaban J connectivity index is 1.69. The zero-order valence-corrected chi connectivity index (χ0v) is 12.8. The second kappa shape index (κ2) is 6.75. The fourth-order valence-electron chi connectivity index (χ4n) is 2.96. The van der Waals surface area contributed by atoms with Crippen molar-refractivity contribution in [2.24, 2.45) is 0 Å². The molecule has 0 spiro atoms. The molecule has 3 nitrogen and oxygen atoms in total. The average molecular weight is 295 g/mol. The third-order valence-electron chi connectivity index (χ3n) is 3.94. The Hall–Kier alpha value is -2.13. The molecule has 1 fully saturated rings. The third-order valence-corrected chi connectivity index (χ3v) is 3.94. The lowest BCUT2D eigenvalue weighted by molar-refractivity contribution is -0.0664. The topological polar surface area (TPSA) is 29.5 Å². The molecule has 2 aromatic rings. The maximum absolute atomic E-state index is 12.6. The standard InChI is InChI=1S/C19H21NO2/c1-15-13-20(19(21)17-10-6-3-7-11-17)14-18(22-15)12-16-8-4-2-5-9-16/h2-11,15,18H,12-14H2,1H3. The number of hydrogen-bond donors (Lipinski definition) is 0. The minimum atomic E-state index is 0.0545. The van der Waals surface area contributed by atoms with Crippen molar-refractivity contribution in [2.45, 2.75) is 25.6 Å². The van der Waals surface area contributed by atoms with Crippen molar-refractivity contribution in [1.29, 1.82) is 0 Å². The number of amides is 1. The number of rotatable bonds is 3. The Labute approximate surface area is 131 Å². The summed E-state index contributed by atoms with van der Waals surface area (Å²) in [6.07, 6.45) is 0.956. The van der Waals surface area contributed by atoms with Crippen LogP contribution in [0, 0.1) is 0 Å². The summed E-state index contributed by atoms with van der Waals surface area (Å²) in [5, 5.41) is 0. The quantitative estimate of drug-likeness (QED) is 0.870. The van der Waals surface area contributed by atoms with Crippen molar-refractivity contribution in [2.75, 3.05) is 13.1 Å². The number of hydrogen-bond acceptors (Lipinski definition) is 2. The molecule has 1 heterocycles. The van der Waals surface area contributed by atoms with E-state index in [1.807, 2.05) is 60.4 Å². The van der Waals surface area contributed by atoms with Crippen LogP contribution in [0.15, 0.2) is 60.7 Å². The highest BCUT2D eigenvalue weighted by Crippen LogP contribution is 2.17. The van der Waals surface area contributed by atoms with Crippen LogP contribution in [0.2, 0.25) is 0 Å². The van der Waals surface area contributed by atoms with Crippen molar-refractivity contribution in [3.8, 4) is 0 Å². The summed E-state index contributed by atoms with van der Waals surface area (Å²) < 4.78 is 6.01. The summed E-state index contributed by atoms with van der Waals surface area (Å²) in [5.41, 5.74) is 1.99. The lowest BCUT2D eigenvalue weighted by Gasteiger charge is -2.37. The first-order chi connectivity index (χ1) is 10.7. The molecule has 1 saturated heterocycles. The van der Waals surface area contributed by atoms with Gasteiger partial charge in [-0.25, -0.2) is 0 Å². The van der Waals surface area contributed by atoms with Crippen LogP contribution in [0.3, 0.4) is 0 Å². The smallest absolute Gasteiger partial charge is 0.254 e. The van der Waals surface area contributed by atoms with Crippen molar-refractivity contribution in [3.63, 3.8) is 0 Å². The molecule has 0 bridgehead atoms. The first-order valence-electron chi connectivity index (χ1n) is 7.76. The van der Waals surface area contributed by atoms with E-state index in [0.717, 1.165) is 12.0 Å². The van der Waals surface area contributed by atoms with E-state index < -0.39 is 0 Å². The summed E-state index contributed by atoms with van der Waals surface area (Å²) in [7, 11) is 0. The van der Waals surface area contributed by atoms with Crippen LogP contribution in [0.25, 0.3) is 0 Å². The van der Waals surface area contributed by atoms with Crippen LogP contribution in [0.4, 0.5) is 0 Å². The molecule has 0 radical (unpaired) electrons. The van der Waals surface area contributed by atoms with E-state index in [1.165, 1.54) is 5.56 Å². The fourth-order valence-corrected chi connectivity index (χ4v) is 2.96. The minimum Gasteiger partial charge on any atom is -0.371 e. The molecule has 0 aliphatic carbocycles. The Bertz CT molecular complexity index is 612. The van der Waals surface area contributed by atoms with E-state index in [-0.39, 0.29) is 18.1 Å². The predicted octanol–water partition coefficient (Wildman–Crippen LogP) is 3.16. The van der Waals surface area contributed by atoms with Crippen LogP contribution in [0.5, 0.6) is 0 Å². The van der Waals surface area contributed by atoms with Gasteiger partial charge in [-0.2, -0.15) is 0 Å². The van der Waals surface area contributed by atoms with E-state index in [2.05, 4.69) is 12.1 Å². The zero-order chi connectivity index (χ0) is 15.4. The Kier molecular flexibility index (Phi) is 4.54. The van der Waals surface area contributed by atoms with Crippen LogP contribution >= 0.6 is 0 Å². The van der Waals surface area contributed by atoms with E-state index in [0.29, 0.717) is 13.1 Å². The molecule has 2 atom stereocenters. The second-order valence-corrected chi connectivity index (χ2v) is 5.83. The average Bonchev–Trinajstić information content (AvgIpc) is 2.55. The highest BCUT2D eigenvalue weighted by molar-refractivity contribution is 5.94. The molecule has 114 valence electrons. The van der Waals surface area contributed by atoms with Crippen LogP contribution in [-0.2, 0) is 11.2 Å². The van der Waals surface area contributed by atoms with Gasteiger partial charge in [0.15, 0.2) is 0 Å². The Morgan fingerprint density at radius 2 is 1.68 bits per heavy atom. The van der Waals surface area contributed by atoms with Gasteiger partial charge in [-0.15, -0.1) is 0 Å². The maximum atomic E-state index is 12.6. The van der Waals surface area contributed by atoms with E-state index in [9.17, 15) is 4.79 Å². The number of carbonyl (C=O) groups is 1. The molecule has 0 N–H and O–H groups in total. The molecule has 1 amide bonds. The molecule has 2 unspecified atom stereocenters. The number of nitrogens with zero attached hydrogens (tertiary/aromatic N) is 1. The second-order valence-electron chi connectivity index (χ2n) is 5.83. The van der Waals surface area contributed by atoms with E-state index in [1.54, 1.807) is 0 Å². The maximum Gasteiger partial charge on any atom is 0.254 e. The Morgan fingerprint density at radius 3 is 2.36 bits per heavy atom. The number of carbonyl (C=O) groups excluding carboxylic acids is 1. The van der Waals surface area contributed by atoms with Crippen LogP contribution < -0.4 is 0 Å². The first-order valence-corrected chi connectivity index (χ1v) is 7.76. The van der Waals surface area contributed by atoms with Crippen LogP contribution in [-0.4, -0.2) is 36.1 Å². The zero-order valence-electron chi connectivity index (χ0n) is 12.8. The molecule has 0 aromatic heterocycles. The monoisotopic (exact) mass is 295 g/mol. The van der Waals surface area contributed by atoms with Gasteiger partial charge in [0.2, 0.25) is 0 Å². The van der Waals surface area contributed by atoms with Crippen molar-refractivity contribution >= 4 is 5.91 Å². The Morgan fingerprint density at radius 1 is 1.05 bits per heavy atom. The predicted molar refractivity (Wildman–Crippen MR) is 86.8 cm³/mol. The largest absolute Gasteiger partial charge is 0.371 e. The third kappa shape index (κ3) is 3.55. The van der Waals surface area contributed by atoms with Gasteiger partial charge < -0.3 is 9.64 Å². The van der Waals surface area contributed by atoms with Crippen molar-refractivity contribution < 1.29 is 9.53 Å². The molecule has 22 heavy (non-hydrogen) atoms. The van der Waals surface area contributed by atoms with Gasteiger partial charge >= 0.3 is 0 Å². The van der Waals surface area contributed by atoms with Gasteiger partial charge in [-0.05, 0) is 24.6 Å². The molecular formula is C19H21NO2. The SMILES string of the molecule is CC1CN(C(=O)c2ccccc2)CC(Cc2ccccc2)O1. The van der Waals surface area contributed by atoms with Gasteiger partial charge in [0.05, 0.1) is 12.2 Å². The summed E-state index contributed by atoms with van der Waals surface area (Å²) >= 11 is 0. The minimum absolute atomic E-state index is 0.0545. The molecule has 3 heteroatoms. The van der Waals surface area contributed by atoms with Gasteiger partial charge in [-0.1, -0.05) is 48.5 Å². The number of ether oxygens (including phenoxy) is 1. The lowest BCUT2D eigenvalue weighted by Crippen LogP contribution is -2.49. The first kappa shape index (κ1) is 14.8. The highest BCUT2D eigenvalue weighted by atomic mass is 16.5. The van der Waals surface area contributed by atoms with E-state index >= 15 is 0 Å². The number of benzene rings is 2. The van der Waals surface area contributed by atoms with Gasteiger partial charge in [0.25, 0.3) is 5.91 Å². The molecule has 1 aliphatic heterocycles. The number of morpholine rings is 1. The lowest BCUT2D eigenvalue weighted by atomic mass is 10.0. The highest BCUT2D eigenvalue weighted by Gasteiger charge is 2.28. The van der Waals surface area contributed by atoms with Gasteiger partial charge in [0, 0.05) is 25.1 Å². The fraction of sp³-hybridized carbons (Fsp3) is 0.316. The van der Waals surface area contributed by atoms with E-state index in [4.69, 9.17) is 4.74 Å².